The molecule has 3 aromatic rings. The fourth-order valence-electron chi connectivity index (χ4n) is 2.84. The molecule has 6 heteroatoms. The van der Waals surface area contributed by atoms with Crippen molar-refractivity contribution in [2.45, 2.75) is 25.8 Å². The SMILES string of the molecule is O=c1[nH]c(CN2CCCCCO2)nc2c1oc1ccccc12. The van der Waals surface area contributed by atoms with Gasteiger partial charge in [-0.15, -0.1) is 0 Å². The van der Waals surface area contributed by atoms with Crippen molar-refractivity contribution in [3.63, 3.8) is 0 Å². The van der Waals surface area contributed by atoms with Crippen LogP contribution >= 0.6 is 0 Å². The maximum Gasteiger partial charge on any atom is 0.294 e. The van der Waals surface area contributed by atoms with Crippen molar-refractivity contribution < 1.29 is 9.25 Å². The van der Waals surface area contributed by atoms with Crippen LogP contribution in [0.2, 0.25) is 0 Å². The van der Waals surface area contributed by atoms with Gasteiger partial charge in [-0.25, -0.2) is 4.98 Å². The number of hydroxylamine groups is 2. The predicted octanol–water partition coefficient (Wildman–Crippen LogP) is 2.59. The van der Waals surface area contributed by atoms with Gasteiger partial charge >= 0.3 is 0 Å². The number of furan rings is 1. The number of para-hydroxylation sites is 1. The smallest absolute Gasteiger partial charge is 0.294 e. The largest absolute Gasteiger partial charge is 0.449 e. The van der Waals surface area contributed by atoms with Crippen LogP contribution < -0.4 is 5.56 Å². The van der Waals surface area contributed by atoms with Gasteiger partial charge in [-0.3, -0.25) is 9.63 Å². The predicted molar refractivity (Wildman–Crippen MR) is 82.3 cm³/mol. The van der Waals surface area contributed by atoms with E-state index in [2.05, 4.69) is 9.97 Å². The average molecular weight is 299 g/mol. The highest BCUT2D eigenvalue weighted by Gasteiger charge is 2.16. The highest BCUT2D eigenvalue weighted by molar-refractivity contribution is 6.01. The molecule has 3 heterocycles. The Morgan fingerprint density at radius 1 is 1.23 bits per heavy atom. The van der Waals surface area contributed by atoms with Gasteiger partial charge < -0.3 is 9.40 Å². The third-order valence-electron chi connectivity index (χ3n) is 3.93. The number of nitrogens with one attached hydrogen (secondary N) is 1. The van der Waals surface area contributed by atoms with Crippen LogP contribution in [0.3, 0.4) is 0 Å². The lowest BCUT2D eigenvalue weighted by molar-refractivity contribution is -0.160. The Bertz CT molecular complexity index is 860. The van der Waals surface area contributed by atoms with Gasteiger partial charge in [0.05, 0.1) is 13.2 Å². The molecule has 1 saturated heterocycles. The summed E-state index contributed by atoms with van der Waals surface area (Å²) >= 11 is 0. The van der Waals surface area contributed by atoms with Crippen molar-refractivity contribution in [2.75, 3.05) is 13.2 Å². The second-order valence-corrected chi connectivity index (χ2v) is 5.55. The molecular formula is C16H17N3O3. The van der Waals surface area contributed by atoms with E-state index in [0.29, 0.717) is 23.5 Å². The van der Waals surface area contributed by atoms with Crippen LogP contribution in [0.4, 0.5) is 0 Å². The lowest BCUT2D eigenvalue weighted by atomic mass is 10.2. The molecule has 1 aliphatic rings. The minimum absolute atomic E-state index is 0.244. The van der Waals surface area contributed by atoms with Crippen molar-refractivity contribution in [1.82, 2.24) is 15.0 Å². The van der Waals surface area contributed by atoms with Crippen molar-refractivity contribution in [3.05, 3.63) is 40.4 Å². The third kappa shape index (κ3) is 2.40. The van der Waals surface area contributed by atoms with Gasteiger partial charge in [0.2, 0.25) is 5.58 Å². The first-order valence-electron chi connectivity index (χ1n) is 7.59. The van der Waals surface area contributed by atoms with Crippen LogP contribution in [0.25, 0.3) is 22.1 Å². The summed E-state index contributed by atoms with van der Waals surface area (Å²) in [5.41, 5.74) is 1.33. The van der Waals surface area contributed by atoms with E-state index in [1.807, 2.05) is 29.3 Å². The number of fused-ring (bicyclic) bond motifs is 3. The Balaban J connectivity index is 1.75. The zero-order valence-corrected chi connectivity index (χ0v) is 12.2. The van der Waals surface area contributed by atoms with Crippen molar-refractivity contribution in [2.24, 2.45) is 0 Å². The molecule has 0 radical (unpaired) electrons. The van der Waals surface area contributed by atoms with E-state index in [1.54, 1.807) is 0 Å². The van der Waals surface area contributed by atoms with Crippen LogP contribution in [-0.2, 0) is 11.4 Å². The number of rotatable bonds is 2. The van der Waals surface area contributed by atoms with Crippen LogP contribution in [0.5, 0.6) is 0 Å². The molecule has 1 N–H and O–H groups in total. The molecule has 0 aliphatic carbocycles. The Labute approximate surface area is 126 Å². The van der Waals surface area contributed by atoms with E-state index < -0.39 is 0 Å². The summed E-state index contributed by atoms with van der Waals surface area (Å²) in [7, 11) is 0. The molecule has 2 aromatic heterocycles. The summed E-state index contributed by atoms with van der Waals surface area (Å²) < 4.78 is 5.60. The molecule has 0 unspecified atom stereocenters. The molecular weight excluding hydrogens is 282 g/mol. The van der Waals surface area contributed by atoms with Crippen molar-refractivity contribution >= 4 is 22.1 Å². The van der Waals surface area contributed by atoms with E-state index in [0.717, 1.165) is 31.4 Å². The number of H-pyrrole nitrogens is 1. The topological polar surface area (TPSA) is 71.4 Å². The van der Waals surface area contributed by atoms with E-state index in [1.165, 1.54) is 6.42 Å². The summed E-state index contributed by atoms with van der Waals surface area (Å²) in [4.78, 5) is 25.3. The number of aromatic amines is 1. The maximum atomic E-state index is 12.2. The van der Waals surface area contributed by atoms with Crippen molar-refractivity contribution in [1.29, 1.82) is 0 Å². The molecule has 0 spiro atoms. The fourth-order valence-corrected chi connectivity index (χ4v) is 2.84. The second-order valence-electron chi connectivity index (χ2n) is 5.55. The number of hydrogen-bond acceptors (Lipinski definition) is 5. The van der Waals surface area contributed by atoms with E-state index in [-0.39, 0.29) is 11.1 Å². The molecule has 1 fully saturated rings. The summed E-state index contributed by atoms with van der Waals surface area (Å²) in [5.74, 6) is 0.603. The Morgan fingerprint density at radius 2 is 2.14 bits per heavy atom. The van der Waals surface area contributed by atoms with E-state index in [4.69, 9.17) is 9.25 Å². The van der Waals surface area contributed by atoms with Gasteiger partial charge in [-0.1, -0.05) is 12.1 Å². The molecule has 4 rings (SSSR count). The van der Waals surface area contributed by atoms with E-state index in [9.17, 15) is 4.79 Å². The monoisotopic (exact) mass is 299 g/mol. The lowest BCUT2D eigenvalue weighted by Gasteiger charge is -2.18. The highest BCUT2D eigenvalue weighted by Crippen LogP contribution is 2.24. The standard InChI is InChI=1S/C16H17N3O3/c20-16-15-14(11-6-2-3-7-12(11)22-15)17-13(18-16)10-19-8-4-1-5-9-21-19/h2-3,6-7H,1,4-5,8-10H2,(H,17,18,20). The molecule has 1 aromatic carbocycles. The number of benzene rings is 1. The van der Waals surface area contributed by atoms with Crippen molar-refractivity contribution in [3.8, 4) is 0 Å². The van der Waals surface area contributed by atoms with Gasteiger partial charge in [-0.2, -0.15) is 5.06 Å². The zero-order valence-electron chi connectivity index (χ0n) is 12.2. The summed E-state index contributed by atoms with van der Waals surface area (Å²) in [6, 6.07) is 7.55. The zero-order chi connectivity index (χ0) is 14.9. The number of hydrogen-bond donors (Lipinski definition) is 1. The number of nitrogens with zero attached hydrogens (tertiary/aromatic N) is 2. The number of aromatic nitrogens is 2. The average Bonchev–Trinajstić information content (AvgIpc) is 2.71. The van der Waals surface area contributed by atoms with Crippen LogP contribution in [0, 0.1) is 0 Å². The lowest BCUT2D eigenvalue weighted by Crippen LogP contribution is -2.26. The molecule has 0 atom stereocenters. The van der Waals surface area contributed by atoms with Crippen LogP contribution in [-0.4, -0.2) is 28.2 Å². The van der Waals surface area contributed by atoms with Crippen LogP contribution in [0.1, 0.15) is 25.1 Å². The molecule has 114 valence electrons. The Morgan fingerprint density at radius 3 is 3.09 bits per heavy atom. The summed E-state index contributed by atoms with van der Waals surface area (Å²) in [6.07, 6.45) is 3.35. The normalized spacial score (nSPS) is 17.1. The Kier molecular flexibility index (Phi) is 3.40. The molecule has 0 amide bonds. The first-order chi connectivity index (χ1) is 10.8. The summed E-state index contributed by atoms with van der Waals surface area (Å²) in [6.45, 7) is 2.06. The molecule has 22 heavy (non-hydrogen) atoms. The Hall–Kier alpha value is -2.18. The highest BCUT2D eigenvalue weighted by atomic mass is 16.7. The van der Waals surface area contributed by atoms with Gasteiger partial charge in [-0.05, 0) is 31.4 Å². The van der Waals surface area contributed by atoms with Gasteiger partial charge in [0.25, 0.3) is 5.56 Å². The maximum absolute atomic E-state index is 12.2. The minimum atomic E-state index is -0.244. The van der Waals surface area contributed by atoms with Gasteiger partial charge in [0.15, 0.2) is 0 Å². The van der Waals surface area contributed by atoms with E-state index >= 15 is 0 Å². The molecule has 6 nitrogen and oxygen atoms in total. The first kappa shape index (κ1) is 13.5. The quantitative estimate of drug-likeness (QED) is 0.787. The van der Waals surface area contributed by atoms with Gasteiger partial charge in [0, 0.05) is 11.9 Å². The van der Waals surface area contributed by atoms with Crippen LogP contribution in [0.15, 0.2) is 33.5 Å². The molecule has 1 aliphatic heterocycles. The second kappa shape index (κ2) is 5.55. The molecule has 0 bridgehead atoms. The summed E-state index contributed by atoms with van der Waals surface area (Å²) in [5, 5.41) is 2.74. The minimum Gasteiger partial charge on any atom is -0.449 e. The third-order valence-corrected chi connectivity index (χ3v) is 3.93. The van der Waals surface area contributed by atoms with Gasteiger partial charge in [0.1, 0.15) is 16.9 Å². The molecule has 0 saturated carbocycles. The fraction of sp³-hybridized carbons (Fsp3) is 0.375. The first-order valence-corrected chi connectivity index (χ1v) is 7.59.